The summed E-state index contributed by atoms with van der Waals surface area (Å²) in [5.41, 5.74) is 8.83. The summed E-state index contributed by atoms with van der Waals surface area (Å²) in [7, 11) is -8.14. The zero-order valence-corrected chi connectivity index (χ0v) is 36.4. The molecule has 6 rings (SSSR count). The van der Waals surface area contributed by atoms with Crippen LogP contribution in [0.15, 0.2) is 171 Å². The molecule has 0 aliphatic heterocycles. The summed E-state index contributed by atoms with van der Waals surface area (Å²) in [6.45, 7) is 2.21. The van der Waals surface area contributed by atoms with Crippen LogP contribution in [-0.4, -0.2) is 59.9 Å². The lowest BCUT2D eigenvalue weighted by atomic mass is 9.91. The molecule has 0 aromatic heterocycles. The van der Waals surface area contributed by atoms with Gasteiger partial charge < -0.3 is 4.55 Å². The summed E-state index contributed by atoms with van der Waals surface area (Å²) in [5.74, 6) is -52.1. The number of thiol groups is 1. The van der Waals surface area contributed by atoms with Gasteiger partial charge in [-0.1, -0.05) is 109 Å². The van der Waals surface area contributed by atoms with Gasteiger partial charge in [-0.05, 0) is 100 Å². The zero-order valence-electron chi connectivity index (χ0n) is 33.8. The Morgan fingerprint density at radius 3 is 1.24 bits per heavy atom. The van der Waals surface area contributed by atoms with Crippen LogP contribution in [-0.2, 0) is 21.9 Å². The molecular weight excluding hydrogens is 1010 g/mol. The molecule has 0 fully saturated rings. The molecule has 0 aliphatic carbocycles. The molecule has 6 aromatic rings. The molecule has 68 heavy (non-hydrogen) atoms. The molecule has 364 valence electrons. The van der Waals surface area contributed by atoms with Crippen molar-refractivity contribution in [1.82, 2.24) is 0 Å². The third-order valence-electron chi connectivity index (χ3n) is 9.80. The van der Waals surface area contributed by atoms with Crippen LogP contribution in [0, 0.1) is 6.92 Å². The maximum Gasteiger partial charge on any atom is 0.460 e. The Kier molecular flexibility index (Phi) is 15.2. The first-order valence-corrected chi connectivity index (χ1v) is 21.9. The summed E-state index contributed by atoms with van der Waals surface area (Å²) < 4.78 is 244. The summed E-state index contributed by atoms with van der Waals surface area (Å²) in [6, 6.07) is 54.5. The average Bonchev–Trinajstić information content (AvgIpc) is 3.27. The molecule has 3 nitrogen and oxygen atoms in total. The molecule has 0 unspecified atom stereocenters. The van der Waals surface area contributed by atoms with E-state index in [-0.39, 0.29) is 0 Å². The van der Waals surface area contributed by atoms with Crippen LogP contribution in [0.2, 0.25) is 0 Å². The Labute approximate surface area is 384 Å². The van der Waals surface area contributed by atoms with E-state index >= 15 is 0 Å². The zero-order chi connectivity index (χ0) is 50.9. The molecule has 0 saturated carbocycles. The average molecular weight is 1040 g/mol. The lowest BCUT2D eigenvalue weighted by molar-refractivity contribution is -0.458. The molecule has 0 atom stereocenters. The van der Waals surface area contributed by atoms with Gasteiger partial charge in [0.05, 0.1) is 0 Å². The van der Waals surface area contributed by atoms with Crippen LogP contribution in [0.3, 0.4) is 0 Å². The van der Waals surface area contributed by atoms with Crippen molar-refractivity contribution >= 4 is 33.6 Å². The second kappa shape index (κ2) is 19.3. The van der Waals surface area contributed by atoms with Crippen LogP contribution in [0.5, 0.6) is 0 Å². The highest BCUT2D eigenvalue weighted by molar-refractivity contribution is 7.99. The highest BCUT2D eigenvalue weighted by atomic mass is 32.2. The Morgan fingerprint density at radius 2 is 0.794 bits per heavy atom. The van der Waals surface area contributed by atoms with Gasteiger partial charge in [0.15, 0.2) is 19.9 Å². The summed E-state index contributed by atoms with van der Waals surface area (Å²) in [5, 5.41) is -7.95. The summed E-state index contributed by atoms with van der Waals surface area (Å²) in [6.07, 6.45) is -7.89. The number of hydrogen-bond donors (Lipinski definition) is 0. The minimum Gasteiger partial charge on any atom is -0.743 e. The van der Waals surface area contributed by atoms with Gasteiger partial charge in [0.25, 0.3) is 0 Å². The van der Waals surface area contributed by atoms with Crippen LogP contribution in [0.25, 0.3) is 33.4 Å². The lowest BCUT2D eigenvalue weighted by Crippen LogP contribution is -2.75. The molecule has 0 spiro atoms. The van der Waals surface area contributed by atoms with Gasteiger partial charge in [-0.3, -0.25) is 0 Å². The van der Waals surface area contributed by atoms with E-state index in [2.05, 4.69) is 159 Å². The Morgan fingerprint density at radius 1 is 0.426 bits per heavy atom. The highest BCUT2D eigenvalue weighted by Crippen LogP contribution is 2.64. The minimum atomic E-state index is -8.92. The molecule has 0 amide bonds. The van der Waals surface area contributed by atoms with Gasteiger partial charge >= 0.3 is 47.0 Å². The molecule has 0 bridgehead atoms. The number of aryl methyl sites for hydroxylation is 1. The topological polar surface area (TPSA) is 57.2 Å². The lowest BCUT2D eigenvalue weighted by Gasteiger charge is -2.42. The van der Waals surface area contributed by atoms with Crippen LogP contribution >= 0.6 is 11.8 Å². The van der Waals surface area contributed by atoms with Gasteiger partial charge in [0.1, 0.15) is 0 Å². The predicted molar refractivity (Wildman–Crippen MR) is 220 cm³/mol. The molecule has 0 radical (unpaired) electrons. The molecule has 0 heterocycles. The molecule has 0 aliphatic rings. The molecule has 0 saturated heterocycles. The second-order valence-corrected chi connectivity index (χ2v) is 18.2. The monoisotopic (exact) mass is 1040 g/mol. The van der Waals surface area contributed by atoms with Crippen molar-refractivity contribution in [1.29, 1.82) is 0 Å². The SMILES string of the molecule is Cc1cc([SH+]c2ccc(-c3ccccc3-c3ccccc3)cc2)ccc1Sc1ccc(-c2ccccc2)cc1.O=S(=O)([O-])C(F)(F)C(F)(F)C(F)(F)C(F)(F)C(F)(F)C(F)(F)C(F)(F)C(F)(F)F. The maximum absolute atomic E-state index is 13.0. The van der Waals surface area contributed by atoms with Crippen molar-refractivity contribution in [2.45, 2.75) is 73.5 Å². The van der Waals surface area contributed by atoms with E-state index in [0.717, 1.165) is 0 Å². The Hall–Kier alpha value is -5.26. The first kappa shape index (κ1) is 53.7. The van der Waals surface area contributed by atoms with Crippen LogP contribution in [0.1, 0.15) is 5.56 Å². The number of rotatable bonds is 14. The largest absolute Gasteiger partial charge is 0.743 e. The van der Waals surface area contributed by atoms with E-state index in [0.29, 0.717) is 0 Å². The van der Waals surface area contributed by atoms with E-state index in [4.69, 9.17) is 0 Å². The van der Waals surface area contributed by atoms with Gasteiger partial charge in [0, 0.05) is 21.6 Å². The molecule has 6 aromatic carbocycles. The third kappa shape index (κ3) is 10.1. The summed E-state index contributed by atoms with van der Waals surface area (Å²) >= 11 is 3.05. The number of alkyl halides is 17. The fourth-order valence-corrected chi connectivity index (χ4v) is 8.39. The second-order valence-electron chi connectivity index (χ2n) is 14.4. The first-order chi connectivity index (χ1) is 31.2. The fourth-order valence-electron chi connectivity index (χ4n) is 6.07. The van der Waals surface area contributed by atoms with Crippen molar-refractivity contribution in [2.24, 2.45) is 0 Å². The first-order valence-electron chi connectivity index (χ1n) is 18.8. The smallest absolute Gasteiger partial charge is 0.460 e. The molecular formula is C45H29F17O3S3. The number of benzene rings is 6. The summed E-state index contributed by atoms with van der Waals surface area (Å²) in [4.78, 5) is 5.17. The Bertz CT molecular complexity index is 2790. The number of halogens is 17. The quantitative estimate of drug-likeness (QED) is 0.0472. The molecule has 0 N–H and O–H groups in total. The van der Waals surface area contributed by atoms with Crippen LogP contribution in [0.4, 0.5) is 74.6 Å². The van der Waals surface area contributed by atoms with Gasteiger partial charge in [-0.2, -0.15) is 74.6 Å². The van der Waals surface area contributed by atoms with Crippen LogP contribution < -0.4 is 0 Å². The normalized spacial score (nSPS) is 13.5. The maximum atomic E-state index is 13.0. The number of hydrogen-bond acceptors (Lipinski definition) is 4. The van der Waals surface area contributed by atoms with Crippen molar-refractivity contribution < 1.29 is 87.6 Å². The standard InChI is InChI=1S/C37H28S2.C8HF17O3S/c1-27-26-34(24-25-37(27)39-33-20-16-29(17-21-33)28-10-4-2-5-11-28)38-32-22-18-31(19-23-32)36-15-9-8-14-35(36)30-12-6-3-7-13-30;9-1(10,3(13,14)5(17,18)7(21,22)23)2(11,12)4(15,16)6(19,20)8(24,25)29(26,27)28/h2-26H,1H3;(H,26,27,28). The van der Waals surface area contributed by atoms with E-state index in [1.807, 2.05) is 11.8 Å². The van der Waals surface area contributed by atoms with Crippen molar-refractivity contribution in [3.8, 4) is 33.4 Å². The minimum absolute atomic E-state index is 1.22. The van der Waals surface area contributed by atoms with E-state index in [1.165, 1.54) is 70.3 Å². The predicted octanol–water partition coefficient (Wildman–Crippen LogP) is 14.9. The van der Waals surface area contributed by atoms with E-state index in [9.17, 15) is 87.6 Å². The Balaban J connectivity index is 0.000000268. The molecule has 23 heteroatoms. The van der Waals surface area contributed by atoms with Gasteiger partial charge in [-0.25, -0.2) is 8.42 Å². The van der Waals surface area contributed by atoms with Gasteiger partial charge in [-0.15, -0.1) is 0 Å². The van der Waals surface area contributed by atoms with Gasteiger partial charge in [0.2, 0.25) is 0 Å². The van der Waals surface area contributed by atoms with Crippen molar-refractivity contribution in [3.63, 3.8) is 0 Å². The third-order valence-corrected chi connectivity index (χ3v) is 13.0. The van der Waals surface area contributed by atoms with E-state index < -0.39 is 57.1 Å². The van der Waals surface area contributed by atoms with Crippen molar-refractivity contribution in [2.75, 3.05) is 0 Å². The van der Waals surface area contributed by atoms with E-state index in [1.54, 1.807) is 0 Å². The van der Waals surface area contributed by atoms with Crippen molar-refractivity contribution in [3.05, 3.63) is 157 Å². The highest BCUT2D eigenvalue weighted by Gasteiger charge is 2.95. The fraction of sp³-hybridized carbons (Fsp3) is 0.200.